The van der Waals surface area contributed by atoms with Gasteiger partial charge in [0, 0.05) is 28.9 Å². The molecule has 2 aromatic rings. The van der Waals surface area contributed by atoms with Crippen molar-refractivity contribution in [3.63, 3.8) is 0 Å². The number of rotatable bonds is 4. The van der Waals surface area contributed by atoms with E-state index in [0.29, 0.717) is 11.4 Å². The van der Waals surface area contributed by atoms with Crippen LogP contribution in [0.4, 0.5) is 11.4 Å². The van der Waals surface area contributed by atoms with E-state index in [1.54, 1.807) is 12.1 Å². The Balaban J connectivity index is 1.41. The molecule has 27 heavy (non-hydrogen) atoms. The van der Waals surface area contributed by atoms with E-state index >= 15 is 0 Å². The van der Waals surface area contributed by atoms with Crippen molar-refractivity contribution in [2.45, 2.75) is 38.5 Å². The zero-order valence-electron chi connectivity index (χ0n) is 15.2. The first-order valence-corrected chi connectivity index (χ1v) is 9.96. The molecule has 2 aliphatic rings. The molecule has 2 amide bonds. The highest BCUT2D eigenvalue weighted by Gasteiger charge is 2.31. The first-order chi connectivity index (χ1) is 13.1. The molecular formula is C22H23ClN2O2. The highest BCUT2D eigenvalue weighted by atomic mass is 35.5. The molecule has 1 N–H and O–H groups in total. The molecule has 0 bridgehead atoms. The number of benzene rings is 2. The smallest absolute Gasteiger partial charge is 0.230 e. The van der Waals surface area contributed by atoms with Crippen LogP contribution in [0.25, 0.3) is 0 Å². The number of nitrogens with zero attached hydrogens (tertiary/aromatic N) is 1. The summed E-state index contributed by atoms with van der Waals surface area (Å²) in [6.07, 6.45) is 5.51. The van der Waals surface area contributed by atoms with Crippen LogP contribution in [0.1, 0.15) is 36.8 Å². The van der Waals surface area contributed by atoms with Gasteiger partial charge in [0.05, 0.1) is 6.42 Å². The molecule has 4 nitrogen and oxygen atoms in total. The molecule has 1 heterocycles. The number of carbonyl (C=O) groups excluding carboxylic acids is 2. The Labute approximate surface area is 164 Å². The van der Waals surface area contributed by atoms with Crippen LogP contribution in [0.5, 0.6) is 0 Å². The predicted octanol–water partition coefficient (Wildman–Crippen LogP) is 4.60. The number of amides is 2. The van der Waals surface area contributed by atoms with Gasteiger partial charge in [-0.3, -0.25) is 9.59 Å². The van der Waals surface area contributed by atoms with E-state index in [2.05, 4.69) is 5.32 Å². The van der Waals surface area contributed by atoms with Crippen molar-refractivity contribution in [1.82, 2.24) is 0 Å². The molecule has 5 heteroatoms. The number of hydrogen-bond acceptors (Lipinski definition) is 2. The Bertz CT molecular complexity index is 857. The van der Waals surface area contributed by atoms with Gasteiger partial charge < -0.3 is 10.2 Å². The first-order valence-electron chi connectivity index (χ1n) is 9.59. The lowest BCUT2D eigenvalue weighted by Crippen LogP contribution is -2.33. The van der Waals surface area contributed by atoms with Gasteiger partial charge in [0.15, 0.2) is 0 Å². The van der Waals surface area contributed by atoms with E-state index in [1.807, 2.05) is 35.2 Å². The second-order valence-electron chi connectivity index (χ2n) is 7.42. The third kappa shape index (κ3) is 4.01. The number of fused-ring (bicyclic) bond motifs is 1. The highest BCUT2D eigenvalue weighted by Crippen LogP contribution is 2.34. The summed E-state index contributed by atoms with van der Waals surface area (Å²) in [5.74, 6) is 0.398. The van der Waals surface area contributed by atoms with Gasteiger partial charge in [-0.2, -0.15) is 0 Å². The number of nitrogens with one attached hydrogen (secondary N) is 1. The van der Waals surface area contributed by atoms with Gasteiger partial charge in [-0.1, -0.05) is 36.6 Å². The fourth-order valence-corrected chi connectivity index (χ4v) is 4.22. The van der Waals surface area contributed by atoms with Crippen molar-refractivity contribution in [2.24, 2.45) is 5.92 Å². The topological polar surface area (TPSA) is 49.4 Å². The number of anilines is 2. The van der Waals surface area contributed by atoms with Crippen LogP contribution < -0.4 is 10.2 Å². The minimum atomic E-state index is -0.0610. The quantitative estimate of drug-likeness (QED) is 0.840. The summed E-state index contributed by atoms with van der Waals surface area (Å²) in [7, 11) is 0. The van der Waals surface area contributed by atoms with Gasteiger partial charge in [0.25, 0.3) is 0 Å². The Morgan fingerprint density at radius 2 is 1.81 bits per heavy atom. The Morgan fingerprint density at radius 1 is 1.07 bits per heavy atom. The van der Waals surface area contributed by atoms with Crippen molar-refractivity contribution in [1.29, 1.82) is 0 Å². The standard InChI is InChI=1S/C22H23ClN2O2/c23-18-7-5-15(6-8-18)13-21(26)24-19-9-10-20-17(14-19)11-12-25(20)22(27)16-3-1-2-4-16/h5-10,14,16H,1-4,11-13H2,(H,24,26). The van der Waals surface area contributed by atoms with Crippen LogP contribution in [0, 0.1) is 5.92 Å². The highest BCUT2D eigenvalue weighted by molar-refractivity contribution is 6.30. The zero-order valence-corrected chi connectivity index (χ0v) is 16.0. The van der Waals surface area contributed by atoms with E-state index in [4.69, 9.17) is 11.6 Å². The second-order valence-corrected chi connectivity index (χ2v) is 7.85. The van der Waals surface area contributed by atoms with Crippen molar-refractivity contribution in [3.8, 4) is 0 Å². The summed E-state index contributed by atoms with van der Waals surface area (Å²) in [5.41, 5.74) is 3.84. The Morgan fingerprint density at radius 3 is 2.56 bits per heavy atom. The number of hydrogen-bond donors (Lipinski definition) is 1. The summed E-state index contributed by atoms with van der Waals surface area (Å²) >= 11 is 5.88. The van der Waals surface area contributed by atoms with E-state index in [0.717, 1.165) is 61.2 Å². The summed E-state index contributed by atoms with van der Waals surface area (Å²) in [6, 6.07) is 13.1. The van der Waals surface area contributed by atoms with Gasteiger partial charge >= 0.3 is 0 Å². The van der Waals surface area contributed by atoms with Gasteiger partial charge in [-0.05, 0) is 60.7 Å². The molecule has 0 spiro atoms. The van der Waals surface area contributed by atoms with Crippen LogP contribution in [-0.2, 0) is 22.4 Å². The second kappa shape index (κ2) is 7.73. The third-order valence-electron chi connectivity index (χ3n) is 5.51. The summed E-state index contributed by atoms with van der Waals surface area (Å²) in [6.45, 7) is 0.743. The monoisotopic (exact) mass is 382 g/mol. The molecule has 0 atom stereocenters. The average Bonchev–Trinajstić information content (AvgIpc) is 3.32. The van der Waals surface area contributed by atoms with Crippen molar-refractivity contribution in [2.75, 3.05) is 16.8 Å². The zero-order chi connectivity index (χ0) is 18.8. The molecule has 1 aliphatic heterocycles. The lowest BCUT2D eigenvalue weighted by Gasteiger charge is -2.21. The van der Waals surface area contributed by atoms with Crippen LogP contribution in [0.2, 0.25) is 5.02 Å². The maximum absolute atomic E-state index is 12.7. The van der Waals surface area contributed by atoms with E-state index in [-0.39, 0.29) is 17.7 Å². The normalized spacial score (nSPS) is 16.4. The predicted molar refractivity (Wildman–Crippen MR) is 108 cm³/mol. The Hall–Kier alpha value is -2.33. The van der Waals surface area contributed by atoms with Crippen molar-refractivity contribution < 1.29 is 9.59 Å². The fourth-order valence-electron chi connectivity index (χ4n) is 4.09. The molecule has 4 rings (SSSR count). The molecule has 1 aliphatic carbocycles. The molecule has 1 saturated carbocycles. The van der Waals surface area contributed by atoms with Crippen LogP contribution in [0.15, 0.2) is 42.5 Å². The molecule has 140 valence electrons. The van der Waals surface area contributed by atoms with Crippen LogP contribution in [-0.4, -0.2) is 18.4 Å². The maximum Gasteiger partial charge on any atom is 0.230 e. The molecular weight excluding hydrogens is 360 g/mol. The number of halogens is 1. The molecule has 1 fully saturated rings. The fraction of sp³-hybridized carbons (Fsp3) is 0.364. The summed E-state index contributed by atoms with van der Waals surface area (Å²) in [5, 5.41) is 3.62. The molecule has 0 saturated heterocycles. The SMILES string of the molecule is O=C(Cc1ccc(Cl)cc1)Nc1ccc2c(c1)CCN2C(=O)C1CCCC1. The average molecular weight is 383 g/mol. The third-order valence-corrected chi connectivity index (χ3v) is 5.76. The largest absolute Gasteiger partial charge is 0.326 e. The lowest BCUT2D eigenvalue weighted by molar-refractivity contribution is -0.122. The van der Waals surface area contributed by atoms with E-state index < -0.39 is 0 Å². The number of carbonyl (C=O) groups is 2. The van der Waals surface area contributed by atoms with Crippen LogP contribution in [0.3, 0.4) is 0 Å². The maximum atomic E-state index is 12.7. The van der Waals surface area contributed by atoms with Gasteiger partial charge in [-0.25, -0.2) is 0 Å². The van der Waals surface area contributed by atoms with Crippen LogP contribution >= 0.6 is 11.6 Å². The van der Waals surface area contributed by atoms with Gasteiger partial charge in [0.2, 0.25) is 11.8 Å². The lowest BCUT2D eigenvalue weighted by atomic mass is 10.1. The van der Waals surface area contributed by atoms with Gasteiger partial charge in [-0.15, -0.1) is 0 Å². The van der Waals surface area contributed by atoms with Crippen molar-refractivity contribution >= 4 is 34.8 Å². The van der Waals surface area contributed by atoms with E-state index in [9.17, 15) is 9.59 Å². The first kappa shape index (κ1) is 18.1. The molecule has 0 aromatic heterocycles. The van der Waals surface area contributed by atoms with Crippen molar-refractivity contribution in [3.05, 3.63) is 58.6 Å². The van der Waals surface area contributed by atoms with Gasteiger partial charge in [0.1, 0.15) is 0 Å². The Kier molecular flexibility index (Phi) is 5.17. The molecule has 0 unspecified atom stereocenters. The molecule has 0 radical (unpaired) electrons. The van der Waals surface area contributed by atoms with E-state index in [1.165, 1.54) is 0 Å². The minimum absolute atomic E-state index is 0.0610. The minimum Gasteiger partial charge on any atom is -0.326 e. The summed E-state index contributed by atoms with van der Waals surface area (Å²) in [4.78, 5) is 27.0. The molecule has 2 aromatic carbocycles. The summed E-state index contributed by atoms with van der Waals surface area (Å²) < 4.78 is 0.